The van der Waals surface area contributed by atoms with Gasteiger partial charge in [-0.25, -0.2) is 4.79 Å². The minimum atomic E-state index is -1.32. The van der Waals surface area contributed by atoms with Gasteiger partial charge in [0.2, 0.25) is 0 Å². The van der Waals surface area contributed by atoms with Crippen molar-refractivity contribution in [3.63, 3.8) is 0 Å². The first-order valence-electron chi connectivity index (χ1n) is 3.86. The summed E-state index contributed by atoms with van der Waals surface area (Å²) in [5.41, 5.74) is 0. The zero-order chi connectivity index (χ0) is 9.84. The van der Waals surface area contributed by atoms with E-state index in [1.54, 1.807) is 11.5 Å². The normalized spacial score (nSPS) is 12.8. The molecule has 0 aliphatic heterocycles. The first kappa shape index (κ1) is 9.66. The maximum Gasteiger partial charge on any atom is 0.332 e. The third kappa shape index (κ3) is 2.51. The molecule has 0 amide bonds. The molecular weight excluding hydrogens is 174 g/mol. The molecule has 0 fully saturated rings. The van der Waals surface area contributed by atoms with Gasteiger partial charge in [-0.05, 0) is 6.92 Å². The number of aliphatic hydroxyl groups is 1. The zero-order valence-electron chi connectivity index (χ0n) is 7.21. The quantitative estimate of drug-likeness (QED) is 0.655. The molecule has 0 saturated heterocycles. The minimum Gasteiger partial charge on any atom is -0.479 e. The van der Waals surface area contributed by atoms with Crippen molar-refractivity contribution in [3.05, 3.63) is 12.2 Å². The number of aliphatic hydroxyl groups excluding tert-OH is 1. The minimum absolute atomic E-state index is 0.161. The Hall–Kier alpha value is -1.43. The molecule has 0 aromatic carbocycles. The number of hydrogen-bond acceptors (Lipinski definition) is 4. The number of rotatable bonds is 4. The first-order chi connectivity index (χ1) is 6.11. The van der Waals surface area contributed by atoms with Gasteiger partial charge in [-0.3, -0.25) is 0 Å². The number of nitrogens with zero attached hydrogens (tertiary/aromatic N) is 3. The van der Waals surface area contributed by atoms with E-state index in [1.165, 1.54) is 6.33 Å². The van der Waals surface area contributed by atoms with Crippen molar-refractivity contribution in [2.45, 2.75) is 26.0 Å². The van der Waals surface area contributed by atoms with Crippen LogP contribution in [0.2, 0.25) is 0 Å². The fraction of sp³-hybridized carbons (Fsp3) is 0.571. The lowest BCUT2D eigenvalue weighted by Gasteiger charge is -2.06. The summed E-state index contributed by atoms with van der Waals surface area (Å²) in [5.74, 6) is -0.497. The van der Waals surface area contributed by atoms with E-state index >= 15 is 0 Å². The van der Waals surface area contributed by atoms with Crippen LogP contribution in [0.5, 0.6) is 0 Å². The van der Waals surface area contributed by atoms with Gasteiger partial charge in [0.05, 0.1) is 0 Å². The third-order valence-electron chi connectivity index (χ3n) is 1.74. The van der Waals surface area contributed by atoms with Crippen LogP contribution in [0.3, 0.4) is 0 Å². The Morgan fingerprint density at radius 1 is 1.77 bits per heavy atom. The molecule has 1 atom stereocenters. The summed E-state index contributed by atoms with van der Waals surface area (Å²) in [4.78, 5) is 10.3. The van der Waals surface area contributed by atoms with Gasteiger partial charge in [0.25, 0.3) is 0 Å². The van der Waals surface area contributed by atoms with Crippen molar-refractivity contribution >= 4 is 5.97 Å². The van der Waals surface area contributed by atoms with Crippen LogP contribution in [0.15, 0.2) is 6.33 Å². The molecule has 0 aliphatic rings. The highest BCUT2D eigenvalue weighted by Crippen LogP contribution is 1.98. The molecule has 1 aromatic rings. The molecule has 6 heteroatoms. The molecule has 6 nitrogen and oxygen atoms in total. The summed E-state index contributed by atoms with van der Waals surface area (Å²) in [6.45, 7) is 2.17. The van der Waals surface area contributed by atoms with E-state index in [0.717, 1.165) is 0 Å². The molecule has 72 valence electrons. The number of hydrogen-bond donors (Lipinski definition) is 2. The Kier molecular flexibility index (Phi) is 2.97. The highest BCUT2D eigenvalue weighted by molar-refractivity contribution is 5.71. The predicted molar refractivity (Wildman–Crippen MR) is 43.0 cm³/mol. The largest absolute Gasteiger partial charge is 0.479 e. The lowest BCUT2D eigenvalue weighted by atomic mass is 10.2. The van der Waals surface area contributed by atoms with Crippen LogP contribution >= 0.6 is 0 Å². The second kappa shape index (κ2) is 3.99. The maximum absolute atomic E-state index is 10.3. The molecule has 0 spiro atoms. The Morgan fingerprint density at radius 3 is 2.92 bits per heavy atom. The van der Waals surface area contributed by atoms with E-state index in [-0.39, 0.29) is 6.42 Å². The fourth-order valence-corrected chi connectivity index (χ4v) is 0.917. The van der Waals surface area contributed by atoms with Gasteiger partial charge in [-0.15, -0.1) is 10.2 Å². The van der Waals surface area contributed by atoms with E-state index in [9.17, 15) is 4.79 Å². The van der Waals surface area contributed by atoms with Crippen molar-refractivity contribution in [2.75, 3.05) is 0 Å². The highest BCUT2D eigenvalue weighted by Gasteiger charge is 2.12. The average Bonchev–Trinajstić information content (AvgIpc) is 2.47. The van der Waals surface area contributed by atoms with Crippen LogP contribution in [0.4, 0.5) is 0 Å². The summed E-state index contributed by atoms with van der Waals surface area (Å²) in [5, 5.41) is 24.7. The van der Waals surface area contributed by atoms with E-state index < -0.39 is 12.1 Å². The van der Waals surface area contributed by atoms with Crippen LogP contribution < -0.4 is 0 Å². The number of carboxylic acids is 1. The maximum atomic E-state index is 10.3. The van der Waals surface area contributed by atoms with E-state index in [4.69, 9.17) is 10.2 Å². The van der Waals surface area contributed by atoms with Gasteiger partial charge < -0.3 is 14.8 Å². The van der Waals surface area contributed by atoms with Crippen LogP contribution in [0.1, 0.15) is 12.2 Å². The Labute approximate surface area is 74.8 Å². The van der Waals surface area contributed by atoms with Gasteiger partial charge >= 0.3 is 5.97 Å². The Bertz CT molecular complexity index is 297. The number of aryl methyl sites for hydroxylation is 2. The van der Waals surface area contributed by atoms with Crippen molar-refractivity contribution < 1.29 is 15.0 Å². The monoisotopic (exact) mass is 185 g/mol. The predicted octanol–water partition coefficient (Wildman–Crippen LogP) is -0.578. The smallest absolute Gasteiger partial charge is 0.332 e. The number of carboxylic acid groups (broad SMARTS) is 1. The van der Waals surface area contributed by atoms with Crippen LogP contribution in [0, 0.1) is 6.92 Å². The Balaban J connectivity index is 2.44. The summed E-state index contributed by atoms with van der Waals surface area (Å²) in [6, 6.07) is 0. The summed E-state index contributed by atoms with van der Waals surface area (Å²) in [6.07, 6.45) is 0.347. The van der Waals surface area contributed by atoms with E-state index in [0.29, 0.717) is 12.4 Å². The molecular formula is C7H11N3O3. The standard InChI is InChI=1S/C7H11N3O3/c1-5-9-8-4-10(5)3-2-6(11)7(12)13/h4,6,11H,2-3H2,1H3,(H,12,13). The summed E-state index contributed by atoms with van der Waals surface area (Å²) in [7, 11) is 0. The molecule has 1 heterocycles. The van der Waals surface area contributed by atoms with E-state index in [1.807, 2.05) is 0 Å². The fourth-order valence-electron chi connectivity index (χ4n) is 0.917. The average molecular weight is 185 g/mol. The highest BCUT2D eigenvalue weighted by atomic mass is 16.4. The molecule has 0 saturated carbocycles. The van der Waals surface area contributed by atoms with Gasteiger partial charge in [0, 0.05) is 13.0 Å². The van der Waals surface area contributed by atoms with Gasteiger partial charge in [-0.2, -0.15) is 0 Å². The van der Waals surface area contributed by atoms with Crippen molar-refractivity contribution in [1.29, 1.82) is 0 Å². The van der Waals surface area contributed by atoms with Crippen LogP contribution in [-0.2, 0) is 11.3 Å². The lowest BCUT2D eigenvalue weighted by molar-refractivity contribution is -0.147. The van der Waals surface area contributed by atoms with Crippen molar-refractivity contribution in [1.82, 2.24) is 14.8 Å². The van der Waals surface area contributed by atoms with Gasteiger partial charge in [0.1, 0.15) is 12.2 Å². The molecule has 1 aromatic heterocycles. The second-order valence-electron chi connectivity index (χ2n) is 2.71. The number of carbonyl (C=O) groups is 1. The summed E-state index contributed by atoms with van der Waals surface area (Å²) < 4.78 is 1.69. The third-order valence-corrected chi connectivity index (χ3v) is 1.74. The summed E-state index contributed by atoms with van der Waals surface area (Å²) >= 11 is 0. The SMILES string of the molecule is Cc1nncn1CCC(O)C(=O)O. The molecule has 13 heavy (non-hydrogen) atoms. The molecule has 1 unspecified atom stereocenters. The molecule has 2 N–H and O–H groups in total. The van der Waals surface area contributed by atoms with Crippen molar-refractivity contribution in [2.24, 2.45) is 0 Å². The van der Waals surface area contributed by atoms with Crippen LogP contribution in [0.25, 0.3) is 0 Å². The molecule has 0 radical (unpaired) electrons. The molecule has 1 rings (SSSR count). The number of aliphatic carboxylic acids is 1. The zero-order valence-corrected chi connectivity index (χ0v) is 7.21. The number of aromatic nitrogens is 3. The van der Waals surface area contributed by atoms with E-state index in [2.05, 4.69) is 10.2 Å². The van der Waals surface area contributed by atoms with Crippen molar-refractivity contribution in [3.8, 4) is 0 Å². The lowest BCUT2D eigenvalue weighted by Crippen LogP contribution is -2.21. The topological polar surface area (TPSA) is 88.2 Å². The molecule has 0 aliphatic carbocycles. The Morgan fingerprint density at radius 2 is 2.46 bits per heavy atom. The van der Waals surface area contributed by atoms with Crippen LogP contribution in [-0.4, -0.2) is 37.1 Å². The molecule has 0 bridgehead atoms. The van der Waals surface area contributed by atoms with Gasteiger partial charge in [0.15, 0.2) is 6.10 Å². The second-order valence-corrected chi connectivity index (χ2v) is 2.71. The van der Waals surface area contributed by atoms with Gasteiger partial charge in [-0.1, -0.05) is 0 Å². The first-order valence-corrected chi connectivity index (χ1v) is 3.86.